The highest BCUT2D eigenvalue weighted by molar-refractivity contribution is 6.34. The van der Waals surface area contributed by atoms with E-state index < -0.39 is 0 Å². The smallest absolute Gasteiger partial charge is 0.257 e. The Morgan fingerprint density at radius 2 is 1.70 bits per heavy atom. The van der Waals surface area contributed by atoms with Crippen LogP contribution in [0.3, 0.4) is 0 Å². The molecule has 5 nitrogen and oxygen atoms in total. The molecule has 0 saturated carbocycles. The summed E-state index contributed by atoms with van der Waals surface area (Å²) < 4.78 is 0. The fourth-order valence-corrected chi connectivity index (χ4v) is 3.91. The van der Waals surface area contributed by atoms with Crippen molar-refractivity contribution in [3.05, 3.63) is 94.0 Å². The number of nitrogens with zero attached hydrogens (tertiary/aromatic N) is 2. The van der Waals surface area contributed by atoms with Gasteiger partial charge in [0, 0.05) is 43.6 Å². The number of benzene rings is 3. The van der Waals surface area contributed by atoms with Gasteiger partial charge in [-0.3, -0.25) is 9.59 Å². The summed E-state index contributed by atoms with van der Waals surface area (Å²) in [4.78, 5) is 29.9. The first-order valence-corrected chi connectivity index (χ1v) is 11.3. The van der Waals surface area contributed by atoms with Crippen LogP contribution >= 0.6 is 11.6 Å². The Balaban J connectivity index is 1.92. The standard InChI is InChI=1S/C27H30ClN3O2/c1-18(2)31(27(33)20-10-8-9-19(3)15-20)17-21-16-22(13-14-25(21)30(4)5)29-26(32)23-11-6-7-12-24(23)28/h6-16,18H,17H2,1-5H3,(H,29,32). The molecule has 3 rings (SSSR count). The van der Waals surface area contributed by atoms with Gasteiger partial charge in [0.25, 0.3) is 11.8 Å². The molecule has 0 aliphatic heterocycles. The largest absolute Gasteiger partial charge is 0.377 e. The maximum atomic E-state index is 13.3. The second kappa shape index (κ2) is 10.5. The molecule has 0 atom stereocenters. The van der Waals surface area contributed by atoms with Crippen LogP contribution in [0.2, 0.25) is 5.02 Å². The molecule has 0 aromatic heterocycles. The van der Waals surface area contributed by atoms with E-state index in [0.29, 0.717) is 28.4 Å². The van der Waals surface area contributed by atoms with Crippen molar-refractivity contribution in [2.45, 2.75) is 33.4 Å². The molecule has 3 aromatic rings. The van der Waals surface area contributed by atoms with Crippen molar-refractivity contribution in [3.8, 4) is 0 Å². The number of anilines is 2. The van der Waals surface area contributed by atoms with Crippen LogP contribution in [0.15, 0.2) is 66.7 Å². The minimum atomic E-state index is -0.277. The molecule has 0 bridgehead atoms. The van der Waals surface area contributed by atoms with E-state index in [4.69, 9.17) is 11.6 Å². The van der Waals surface area contributed by atoms with Gasteiger partial charge in [0.15, 0.2) is 0 Å². The summed E-state index contributed by atoms with van der Waals surface area (Å²) in [6.07, 6.45) is 0. The normalized spacial score (nSPS) is 10.8. The number of hydrogen-bond acceptors (Lipinski definition) is 3. The summed E-state index contributed by atoms with van der Waals surface area (Å²) in [5, 5.41) is 3.33. The van der Waals surface area contributed by atoms with E-state index in [9.17, 15) is 9.59 Å². The first kappa shape index (κ1) is 24.3. The third kappa shape index (κ3) is 5.93. The fraction of sp³-hybridized carbons (Fsp3) is 0.259. The van der Waals surface area contributed by atoms with E-state index in [-0.39, 0.29) is 17.9 Å². The van der Waals surface area contributed by atoms with Crippen molar-refractivity contribution < 1.29 is 9.59 Å². The zero-order valence-electron chi connectivity index (χ0n) is 19.7. The summed E-state index contributed by atoms with van der Waals surface area (Å²) >= 11 is 6.18. The summed E-state index contributed by atoms with van der Waals surface area (Å²) in [6.45, 7) is 6.40. The van der Waals surface area contributed by atoms with Crippen LogP contribution in [0.1, 0.15) is 45.7 Å². The van der Waals surface area contributed by atoms with E-state index >= 15 is 0 Å². The zero-order valence-corrected chi connectivity index (χ0v) is 20.5. The monoisotopic (exact) mass is 463 g/mol. The van der Waals surface area contributed by atoms with E-state index in [2.05, 4.69) is 5.32 Å². The SMILES string of the molecule is Cc1cccc(C(=O)N(Cc2cc(NC(=O)c3ccccc3Cl)ccc2N(C)C)C(C)C)c1. The lowest BCUT2D eigenvalue weighted by atomic mass is 10.1. The lowest BCUT2D eigenvalue weighted by Gasteiger charge is -2.29. The highest BCUT2D eigenvalue weighted by Crippen LogP contribution is 2.27. The van der Waals surface area contributed by atoms with Crippen LogP contribution in [-0.2, 0) is 6.54 Å². The fourth-order valence-electron chi connectivity index (χ4n) is 3.69. The average Bonchev–Trinajstić information content (AvgIpc) is 2.77. The molecule has 6 heteroatoms. The van der Waals surface area contributed by atoms with Gasteiger partial charge in [-0.15, -0.1) is 0 Å². The van der Waals surface area contributed by atoms with Gasteiger partial charge in [-0.25, -0.2) is 0 Å². The van der Waals surface area contributed by atoms with Gasteiger partial charge in [0.05, 0.1) is 10.6 Å². The van der Waals surface area contributed by atoms with E-state index in [1.807, 2.05) is 87.1 Å². The molecule has 0 spiro atoms. The molecule has 0 unspecified atom stereocenters. The first-order chi connectivity index (χ1) is 15.7. The minimum absolute atomic E-state index is 0.00519. The van der Waals surface area contributed by atoms with E-state index in [1.54, 1.807) is 24.3 Å². The minimum Gasteiger partial charge on any atom is -0.377 e. The first-order valence-electron chi connectivity index (χ1n) is 10.9. The van der Waals surface area contributed by atoms with Crippen molar-refractivity contribution in [1.29, 1.82) is 0 Å². The van der Waals surface area contributed by atoms with E-state index in [1.165, 1.54) is 0 Å². The number of halogens is 1. The van der Waals surface area contributed by atoms with Crippen molar-refractivity contribution >= 4 is 34.8 Å². The molecule has 3 aromatic carbocycles. The van der Waals surface area contributed by atoms with Gasteiger partial charge < -0.3 is 15.1 Å². The van der Waals surface area contributed by atoms with Crippen molar-refractivity contribution in [2.75, 3.05) is 24.3 Å². The van der Waals surface area contributed by atoms with Gasteiger partial charge in [-0.05, 0) is 68.8 Å². The van der Waals surface area contributed by atoms with Gasteiger partial charge in [-0.1, -0.05) is 41.4 Å². The lowest BCUT2D eigenvalue weighted by Crippen LogP contribution is -2.36. The summed E-state index contributed by atoms with van der Waals surface area (Å²) in [7, 11) is 3.92. The molecule has 0 aliphatic carbocycles. The number of rotatable bonds is 7. The molecule has 0 saturated heterocycles. The number of carbonyl (C=O) groups is 2. The van der Waals surface area contributed by atoms with Gasteiger partial charge in [0.2, 0.25) is 0 Å². The van der Waals surface area contributed by atoms with Gasteiger partial charge in [0.1, 0.15) is 0 Å². The highest BCUT2D eigenvalue weighted by atomic mass is 35.5. The molecule has 33 heavy (non-hydrogen) atoms. The Morgan fingerprint density at radius 1 is 0.970 bits per heavy atom. The van der Waals surface area contributed by atoms with Crippen LogP contribution in [0.25, 0.3) is 0 Å². The van der Waals surface area contributed by atoms with Crippen LogP contribution < -0.4 is 10.2 Å². The van der Waals surface area contributed by atoms with Crippen molar-refractivity contribution in [3.63, 3.8) is 0 Å². The molecule has 1 N–H and O–H groups in total. The molecule has 0 heterocycles. The van der Waals surface area contributed by atoms with Gasteiger partial charge >= 0.3 is 0 Å². The molecular formula is C27H30ClN3O2. The Morgan fingerprint density at radius 3 is 2.33 bits per heavy atom. The second-order valence-electron chi connectivity index (χ2n) is 8.57. The number of hydrogen-bond donors (Lipinski definition) is 1. The van der Waals surface area contributed by atoms with E-state index in [0.717, 1.165) is 16.8 Å². The molecule has 172 valence electrons. The van der Waals surface area contributed by atoms with Crippen LogP contribution in [0.5, 0.6) is 0 Å². The number of amides is 2. The number of nitrogens with one attached hydrogen (secondary N) is 1. The number of carbonyl (C=O) groups excluding carboxylic acids is 2. The Kier molecular flexibility index (Phi) is 7.77. The Bertz CT molecular complexity index is 1160. The van der Waals surface area contributed by atoms with Crippen LogP contribution in [0.4, 0.5) is 11.4 Å². The van der Waals surface area contributed by atoms with Crippen molar-refractivity contribution in [1.82, 2.24) is 4.90 Å². The molecule has 2 amide bonds. The highest BCUT2D eigenvalue weighted by Gasteiger charge is 2.21. The molecular weight excluding hydrogens is 434 g/mol. The number of aryl methyl sites for hydroxylation is 1. The van der Waals surface area contributed by atoms with Crippen molar-refractivity contribution in [2.24, 2.45) is 0 Å². The third-order valence-electron chi connectivity index (χ3n) is 5.43. The summed E-state index contributed by atoms with van der Waals surface area (Å²) in [5.41, 5.74) is 4.68. The predicted molar refractivity (Wildman–Crippen MR) is 136 cm³/mol. The second-order valence-corrected chi connectivity index (χ2v) is 8.98. The molecule has 0 fully saturated rings. The van der Waals surface area contributed by atoms with Gasteiger partial charge in [-0.2, -0.15) is 0 Å². The topological polar surface area (TPSA) is 52.7 Å². The summed E-state index contributed by atoms with van der Waals surface area (Å²) in [6, 6.07) is 20.3. The quantitative estimate of drug-likeness (QED) is 0.466. The zero-order chi connectivity index (χ0) is 24.1. The Labute approximate surface area is 201 Å². The lowest BCUT2D eigenvalue weighted by molar-refractivity contribution is 0.0690. The van der Waals surface area contributed by atoms with Crippen LogP contribution in [-0.4, -0.2) is 36.9 Å². The third-order valence-corrected chi connectivity index (χ3v) is 5.76. The molecule has 0 aliphatic rings. The molecule has 0 radical (unpaired) electrons. The average molecular weight is 464 g/mol. The predicted octanol–water partition coefficient (Wildman–Crippen LogP) is 6.02. The van der Waals surface area contributed by atoms with Crippen LogP contribution in [0, 0.1) is 6.92 Å². The maximum absolute atomic E-state index is 13.3. The maximum Gasteiger partial charge on any atom is 0.257 e. The summed E-state index contributed by atoms with van der Waals surface area (Å²) in [5.74, 6) is -0.301. The Hall–Kier alpha value is -3.31.